The molecule has 1 heterocycles. The molecule has 0 aliphatic rings. The Labute approximate surface area is 127 Å². The lowest BCUT2D eigenvalue weighted by Crippen LogP contribution is -2.43. The third kappa shape index (κ3) is 5.50. The summed E-state index contributed by atoms with van der Waals surface area (Å²) < 4.78 is 1.72. The van der Waals surface area contributed by atoms with Gasteiger partial charge in [-0.3, -0.25) is 9.48 Å². The molecule has 0 radical (unpaired) electrons. The molecule has 2 atom stereocenters. The van der Waals surface area contributed by atoms with Crippen molar-refractivity contribution >= 4 is 5.91 Å². The summed E-state index contributed by atoms with van der Waals surface area (Å²) in [5, 5.41) is 17.4. The molecule has 1 aromatic heterocycles. The lowest BCUT2D eigenvalue weighted by Gasteiger charge is -2.25. The molecule has 0 aliphatic carbocycles. The molecule has 0 fully saturated rings. The lowest BCUT2D eigenvalue weighted by atomic mass is 9.95. The van der Waals surface area contributed by atoms with E-state index in [1.165, 1.54) is 0 Å². The van der Waals surface area contributed by atoms with E-state index in [1.54, 1.807) is 11.6 Å². The van der Waals surface area contributed by atoms with E-state index in [2.05, 4.69) is 24.3 Å². The van der Waals surface area contributed by atoms with Crippen LogP contribution in [0.2, 0.25) is 0 Å². The van der Waals surface area contributed by atoms with Crippen LogP contribution in [0.1, 0.15) is 58.0 Å². The highest BCUT2D eigenvalue weighted by atomic mass is 16.3. The summed E-state index contributed by atoms with van der Waals surface area (Å²) >= 11 is 0. The van der Waals surface area contributed by atoms with Crippen LogP contribution in [0.15, 0.2) is 6.07 Å². The molecule has 1 rings (SSSR count). The van der Waals surface area contributed by atoms with Gasteiger partial charge in [-0.15, -0.1) is 0 Å². The fourth-order valence-corrected chi connectivity index (χ4v) is 2.26. The molecule has 2 unspecified atom stereocenters. The minimum atomic E-state index is -0.866. The zero-order valence-corrected chi connectivity index (χ0v) is 14.1. The summed E-state index contributed by atoms with van der Waals surface area (Å²) in [5.41, 5.74) is 0.993. The Balaban J connectivity index is 2.55. The van der Waals surface area contributed by atoms with Gasteiger partial charge in [0.25, 0.3) is 0 Å². The Morgan fingerprint density at radius 2 is 2.05 bits per heavy atom. The second kappa shape index (κ2) is 7.07. The first-order valence-electron chi connectivity index (χ1n) is 7.65. The number of amides is 1. The molecule has 0 saturated carbocycles. The van der Waals surface area contributed by atoms with Crippen molar-refractivity contribution in [1.82, 2.24) is 15.1 Å². The number of carbonyl (C=O) groups excluding carboxylic acids is 1. The van der Waals surface area contributed by atoms with Crippen LogP contribution in [0.4, 0.5) is 0 Å². The van der Waals surface area contributed by atoms with Crippen molar-refractivity contribution in [2.75, 3.05) is 6.54 Å². The maximum atomic E-state index is 12.2. The number of rotatable bonds is 7. The van der Waals surface area contributed by atoms with E-state index >= 15 is 0 Å². The molecular formula is C16H29N3O2. The van der Waals surface area contributed by atoms with Crippen LogP contribution in [-0.4, -0.2) is 32.9 Å². The van der Waals surface area contributed by atoms with E-state index in [0.29, 0.717) is 12.3 Å². The molecule has 5 nitrogen and oxygen atoms in total. The van der Waals surface area contributed by atoms with E-state index in [9.17, 15) is 9.90 Å². The van der Waals surface area contributed by atoms with Crippen molar-refractivity contribution in [2.24, 2.45) is 5.92 Å². The van der Waals surface area contributed by atoms with Gasteiger partial charge in [-0.25, -0.2) is 0 Å². The number of nitrogens with one attached hydrogen (secondary N) is 1. The first-order chi connectivity index (χ1) is 9.62. The Kier molecular flexibility index (Phi) is 5.96. The molecule has 0 saturated heterocycles. The van der Waals surface area contributed by atoms with Crippen molar-refractivity contribution < 1.29 is 9.90 Å². The van der Waals surface area contributed by atoms with Gasteiger partial charge in [0, 0.05) is 12.2 Å². The Morgan fingerprint density at radius 1 is 1.43 bits per heavy atom. The van der Waals surface area contributed by atoms with E-state index in [1.807, 2.05) is 26.8 Å². The topological polar surface area (TPSA) is 67.2 Å². The van der Waals surface area contributed by atoms with Gasteiger partial charge in [-0.2, -0.15) is 5.10 Å². The number of aromatic nitrogens is 2. The number of hydrogen-bond donors (Lipinski definition) is 2. The van der Waals surface area contributed by atoms with Crippen molar-refractivity contribution in [3.05, 3.63) is 17.5 Å². The van der Waals surface area contributed by atoms with Crippen LogP contribution in [0, 0.1) is 19.8 Å². The molecule has 21 heavy (non-hydrogen) atoms. The van der Waals surface area contributed by atoms with Crippen LogP contribution >= 0.6 is 0 Å². The molecule has 0 bridgehead atoms. The number of carbonyl (C=O) groups is 1. The van der Waals surface area contributed by atoms with Gasteiger partial charge in [0.05, 0.1) is 11.3 Å². The fourth-order valence-electron chi connectivity index (χ4n) is 2.26. The molecular weight excluding hydrogens is 266 g/mol. The number of aryl methyl sites for hydroxylation is 2. The fraction of sp³-hybridized carbons (Fsp3) is 0.750. The number of aliphatic hydroxyl groups is 1. The summed E-state index contributed by atoms with van der Waals surface area (Å²) in [6.07, 6.45) is 1.62. The summed E-state index contributed by atoms with van der Waals surface area (Å²) in [7, 11) is 0. The molecule has 0 aromatic carbocycles. The smallest absolute Gasteiger partial charge is 0.244 e. The highest BCUT2D eigenvalue weighted by Crippen LogP contribution is 2.16. The molecule has 120 valence electrons. The number of hydrogen-bond acceptors (Lipinski definition) is 3. The maximum Gasteiger partial charge on any atom is 0.244 e. The van der Waals surface area contributed by atoms with Crippen molar-refractivity contribution in [2.45, 2.75) is 66.0 Å². The average molecular weight is 295 g/mol. The van der Waals surface area contributed by atoms with Gasteiger partial charge in [0.2, 0.25) is 5.91 Å². The summed E-state index contributed by atoms with van der Waals surface area (Å²) in [5.74, 6) is 0.423. The predicted molar refractivity (Wildman–Crippen MR) is 84.1 cm³/mol. The second-order valence-corrected chi connectivity index (χ2v) is 6.69. The third-order valence-corrected chi connectivity index (χ3v) is 3.69. The van der Waals surface area contributed by atoms with Gasteiger partial charge in [0.15, 0.2) is 0 Å². The SMILES string of the molecule is Cc1cc(C)n(C(C)C(=O)NCC(C)(O)CCC(C)C)n1. The second-order valence-electron chi connectivity index (χ2n) is 6.69. The first kappa shape index (κ1) is 17.7. The predicted octanol–water partition coefficient (Wildman–Crippen LogP) is 2.36. The van der Waals surface area contributed by atoms with Crippen LogP contribution in [0.3, 0.4) is 0 Å². The minimum Gasteiger partial charge on any atom is -0.388 e. The van der Waals surface area contributed by atoms with Crippen LogP contribution in [0.5, 0.6) is 0 Å². The highest BCUT2D eigenvalue weighted by Gasteiger charge is 2.24. The molecule has 5 heteroatoms. The average Bonchev–Trinajstić information content (AvgIpc) is 2.72. The Morgan fingerprint density at radius 3 is 2.52 bits per heavy atom. The zero-order valence-electron chi connectivity index (χ0n) is 14.1. The Bertz CT molecular complexity index is 478. The summed E-state index contributed by atoms with van der Waals surface area (Å²) in [6, 6.07) is 1.57. The van der Waals surface area contributed by atoms with Crippen molar-refractivity contribution in [3.8, 4) is 0 Å². The largest absolute Gasteiger partial charge is 0.388 e. The summed E-state index contributed by atoms with van der Waals surface area (Å²) in [6.45, 7) is 11.9. The van der Waals surface area contributed by atoms with E-state index < -0.39 is 5.60 Å². The van der Waals surface area contributed by atoms with Crippen LogP contribution in [0.25, 0.3) is 0 Å². The monoisotopic (exact) mass is 295 g/mol. The van der Waals surface area contributed by atoms with Gasteiger partial charge in [-0.1, -0.05) is 13.8 Å². The molecule has 0 aliphatic heterocycles. The van der Waals surface area contributed by atoms with Crippen molar-refractivity contribution in [1.29, 1.82) is 0 Å². The van der Waals surface area contributed by atoms with Gasteiger partial charge in [0.1, 0.15) is 6.04 Å². The molecule has 0 spiro atoms. The van der Waals surface area contributed by atoms with Gasteiger partial charge < -0.3 is 10.4 Å². The summed E-state index contributed by atoms with van der Waals surface area (Å²) in [4.78, 5) is 12.2. The van der Waals surface area contributed by atoms with Crippen molar-refractivity contribution in [3.63, 3.8) is 0 Å². The Hall–Kier alpha value is -1.36. The quantitative estimate of drug-likeness (QED) is 0.811. The molecule has 1 aromatic rings. The van der Waals surface area contributed by atoms with E-state index in [-0.39, 0.29) is 18.5 Å². The lowest BCUT2D eigenvalue weighted by molar-refractivity contribution is -0.125. The third-order valence-electron chi connectivity index (χ3n) is 3.69. The van der Waals surface area contributed by atoms with E-state index in [0.717, 1.165) is 17.8 Å². The minimum absolute atomic E-state index is 0.119. The van der Waals surface area contributed by atoms with Crippen LogP contribution < -0.4 is 5.32 Å². The van der Waals surface area contributed by atoms with Crippen LogP contribution in [-0.2, 0) is 4.79 Å². The normalized spacial score (nSPS) is 15.8. The standard InChI is InChI=1S/C16H29N3O2/c1-11(2)7-8-16(6,21)10-17-15(20)14(5)19-13(4)9-12(3)18-19/h9,11,14,21H,7-8,10H2,1-6H3,(H,17,20). The number of nitrogens with zero attached hydrogens (tertiary/aromatic N) is 2. The maximum absolute atomic E-state index is 12.2. The first-order valence-corrected chi connectivity index (χ1v) is 7.65. The van der Waals surface area contributed by atoms with Gasteiger partial charge in [-0.05, 0) is 52.5 Å². The zero-order chi connectivity index (χ0) is 16.2. The molecule has 2 N–H and O–H groups in total. The molecule has 1 amide bonds. The highest BCUT2D eigenvalue weighted by molar-refractivity contribution is 5.79. The van der Waals surface area contributed by atoms with Gasteiger partial charge >= 0.3 is 0 Å². The van der Waals surface area contributed by atoms with E-state index in [4.69, 9.17) is 0 Å².